The molecule has 2 nitrogen and oxygen atoms in total. The average molecular weight is 345 g/mol. The Morgan fingerprint density at radius 1 is 1.00 bits per heavy atom. The first kappa shape index (κ1) is 16.4. The maximum absolute atomic E-state index is 6.21. The summed E-state index contributed by atoms with van der Waals surface area (Å²) in [5.41, 5.74) is 3.03. The quantitative estimate of drug-likeness (QED) is 0.704. The van der Waals surface area contributed by atoms with Crippen LogP contribution in [0, 0.1) is 0 Å². The van der Waals surface area contributed by atoms with Crippen LogP contribution < -0.4 is 5.32 Å². The van der Waals surface area contributed by atoms with Gasteiger partial charge in [0, 0.05) is 29.9 Å². The molecule has 5 heteroatoms. The van der Waals surface area contributed by atoms with E-state index in [0.29, 0.717) is 28.2 Å². The zero-order valence-corrected chi connectivity index (χ0v) is 13.9. The Balaban J connectivity index is 2.15. The number of benzene rings is 2. The number of hydrogen-bond donors (Lipinski definition) is 1. The maximum atomic E-state index is 6.21. The van der Waals surface area contributed by atoms with Gasteiger partial charge in [0.25, 0.3) is 0 Å². The minimum atomic E-state index is 0.492. The molecule has 0 amide bonds. The molecule has 0 aliphatic carbocycles. The van der Waals surface area contributed by atoms with Crippen LogP contribution in [-0.2, 0) is 17.7 Å². The molecule has 2 aromatic carbocycles. The summed E-state index contributed by atoms with van der Waals surface area (Å²) >= 11 is 18.4. The Morgan fingerprint density at radius 2 is 1.71 bits per heavy atom. The SMILES string of the molecule is COCCc1ccccc1NCc1c(Cl)ccc(Cl)c1Cl. The van der Waals surface area contributed by atoms with E-state index in [4.69, 9.17) is 39.5 Å². The van der Waals surface area contributed by atoms with E-state index in [9.17, 15) is 0 Å². The molecule has 2 aromatic rings. The van der Waals surface area contributed by atoms with Gasteiger partial charge in [-0.2, -0.15) is 0 Å². The van der Waals surface area contributed by atoms with Crippen LogP contribution in [0.1, 0.15) is 11.1 Å². The van der Waals surface area contributed by atoms with Crippen molar-refractivity contribution in [1.29, 1.82) is 0 Å². The molecular weight excluding hydrogens is 329 g/mol. The van der Waals surface area contributed by atoms with Crippen LogP contribution in [0.3, 0.4) is 0 Å². The predicted octanol–water partition coefficient (Wildman–Crippen LogP) is 5.45. The molecule has 2 rings (SSSR count). The Hall–Kier alpha value is -0.930. The fourth-order valence-corrected chi connectivity index (χ4v) is 2.72. The minimum Gasteiger partial charge on any atom is -0.384 e. The molecule has 0 spiro atoms. The molecule has 112 valence electrons. The van der Waals surface area contributed by atoms with Crippen molar-refractivity contribution in [2.24, 2.45) is 0 Å². The summed E-state index contributed by atoms with van der Waals surface area (Å²) in [5.74, 6) is 0. The van der Waals surface area contributed by atoms with E-state index in [1.807, 2.05) is 18.2 Å². The van der Waals surface area contributed by atoms with Gasteiger partial charge in [-0.15, -0.1) is 0 Å². The molecule has 1 N–H and O–H groups in total. The van der Waals surface area contributed by atoms with Crippen molar-refractivity contribution >= 4 is 40.5 Å². The van der Waals surface area contributed by atoms with E-state index >= 15 is 0 Å². The third kappa shape index (κ3) is 4.27. The summed E-state index contributed by atoms with van der Waals surface area (Å²) in [7, 11) is 1.70. The normalized spacial score (nSPS) is 10.7. The van der Waals surface area contributed by atoms with Crippen molar-refractivity contribution in [3.63, 3.8) is 0 Å². The molecule has 0 aliphatic heterocycles. The van der Waals surface area contributed by atoms with Gasteiger partial charge in [0.05, 0.1) is 16.7 Å². The van der Waals surface area contributed by atoms with Crippen LogP contribution in [0.15, 0.2) is 36.4 Å². The molecule has 21 heavy (non-hydrogen) atoms. The number of hydrogen-bond acceptors (Lipinski definition) is 2. The van der Waals surface area contributed by atoms with E-state index < -0.39 is 0 Å². The lowest BCUT2D eigenvalue weighted by molar-refractivity contribution is 0.202. The van der Waals surface area contributed by atoms with Crippen LogP contribution in [0.25, 0.3) is 0 Å². The Labute approximate surface area is 140 Å². The van der Waals surface area contributed by atoms with Crippen LogP contribution >= 0.6 is 34.8 Å². The number of halogens is 3. The highest BCUT2D eigenvalue weighted by molar-refractivity contribution is 6.44. The lowest BCUT2D eigenvalue weighted by Gasteiger charge is -2.14. The second kappa shape index (κ2) is 7.90. The second-order valence-electron chi connectivity index (χ2n) is 4.58. The van der Waals surface area contributed by atoms with Gasteiger partial charge < -0.3 is 10.1 Å². The molecule has 0 aliphatic rings. The highest BCUT2D eigenvalue weighted by atomic mass is 35.5. The van der Waals surface area contributed by atoms with Crippen LogP contribution in [0.4, 0.5) is 5.69 Å². The molecule has 0 saturated heterocycles. The Morgan fingerprint density at radius 3 is 2.48 bits per heavy atom. The first-order valence-corrected chi connectivity index (χ1v) is 7.70. The minimum absolute atomic E-state index is 0.492. The zero-order valence-electron chi connectivity index (χ0n) is 11.6. The van der Waals surface area contributed by atoms with E-state index in [1.54, 1.807) is 19.2 Å². The first-order valence-electron chi connectivity index (χ1n) is 6.56. The topological polar surface area (TPSA) is 21.3 Å². The van der Waals surface area contributed by atoms with Crippen molar-refractivity contribution in [3.8, 4) is 0 Å². The summed E-state index contributed by atoms with van der Waals surface area (Å²) in [5, 5.41) is 4.96. The van der Waals surface area contributed by atoms with E-state index in [2.05, 4.69) is 11.4 Å². The number of nitrogens with one attached hydrogen (secondary N) is 1. The number of rotatable bonds is 6. The highest BCUT2D eigenvalue weighted by Crippen LogP contribution is 2.32. The molecule has 0 saturated carbocycles. The fourth-order valence-electron chi connectivity index (χ4n) is 2.04. The molecule has 0 radical (unpaired) electrons. The monoisotopic (exact) mass is 343 g/mol. The third-order valence-corrected chi connectivity index (χ3v) is 4.38. The summed E-state index contributed by atoms with van der Waals surface area (Å²) in [6.07, 6.45) is 0.844. The fraction of sp³-hybridized carbons (Fsp3) is 0.250. The number of ether oxygens (including phenoxy) is 1. The standard InChI is InChI=1S/C16H16Cl3NO/c1-21-9-8-11-4-2-3-5-15(11)20-10-12-13(17)6-7-14(18)16(12)19/h2-7,20H,8-10H2,1H3. The lowest BCUT2D eigenvalue weighted by atomic mass is 10.1. The molecule has 0 bridgehead atoms. The third-order valence-electron chi connectivity index (χ3n) is 3.19. The molecule has 0 aromatic heterocycles. The van der Waals surface area contributed by atoms with Crippen LogP contribution in [0.2, 0.25) is 15.1 Å². The molecule has 0 atom stereocenters. The van der Waals surface area contributed by atoms with Gasteiger partial charge in [0.15, 0.2) is 0 Å². The van der Waals surface area contributed by atoms with E-state index in [-0.39, 0.29) is 0 Å². The summed E-state index contributed by atoms with van der Waals surface area (Å²) < 4.78 is 5.13. The molecule has 0 fully saturated rings. The largest absolute Gasteiger partial charge is 0.384 e. The lowest BCUT2D eigenvalue weighted by Crippen LogP contribution is -2.05. The van der Waals surface area contributed by atoms with E-state index in [0.717, 1.165) is 17.7 Å². The highest BCUT2D eigenvalue weighted by Gasteiger charge is 2.10. The second-order valence-corrected chi connectivity index (χ2v) is 5.77. The van der Waals surface area contributed by atoms with Gasteiger partial charge in [0.1, 0.15) is 0 Å². The van der Waals surface area contributed by atoms with Gasteiger partial charge in [-0.25, -0.2) is 0 Å². The first-order chi connectivity index (χ1) is 10.1. The van der Waals surface area contributed by atoms with Gasteiger partial charge >= 0.3 is 0 Å². The van der Waals surface area contributed by atoms with Gasteiger partial charge in [-0.05, 0) is 30.2 Å². The predicted molar refractivity (Wildman–Crippen MR) is 90.8 cm³/mol. The summed E-state index contributed by atoms with van der Waals surface area (Å²) in [6.45, 7) is 1.19. The van der Waals surface area contributed by atoms with Crippen molar-refractivity contribution in [1.82, 2.24) is 0 Å². The smallest absolute Gasteiger partial charge is 0.0657 e. The van der Waals surface area contributed by atoms with Crippen LogP contribution in [-0.4, -0.2) is 13.7 Å². The molecular formula is C16H16Cl3NO. The Kier molecular flexibility index (Phi) is 6.19. The number of methoxy groups -OCH3 is 1. The van der Waals surface area contributed by atoms with Crippen molar-refractivity contribution in [2.75, 3.05) is 19.0 Å². The van der Waals surface area contributed by atoms with Crippen molar-refractivity contribution < 1.29 is 4.74 Å². The Bertz CT molecular complexity index is 616. The van der Waals surface area contributed by atoms with Gasteiger partial charge in [-0.3, -0.25) is 0 Å². The maximum Gasteiger partial charge on any atom is 0.0657 e. The van der Waals surface area contributed by atoms with Gasteiger partial charge in [0.2, 0.25) is 0 Å². The number of para-hydroxylation sites is 1. The number of anilines is 1. The van der Waals surface area contributed by atoms with E-state index in [1.165, 1.54) is 5.56 Å². The van der Waals surface area contributed by atoms with Crippen molar-refractivity contribution in [2.45, 2.75) is 13.0 Å². The average Bonchev–Trinajstić information content (AvgIpc) is 2.50. The summed E-state index contributed by atoms with van der Waals surface area (Å²) in [4.78, 5) is 0. The molecule has 0 heterocycles. The van der Waals surface area contributed by atoms with Crippen molar-refractivity contribution in [3.05, 3.63) is 62.6 Å². The zero-order chi connectivity index (χ0) is 15.2. The summed E-state index contributed by atoms with van der Waals surface area (Å²) in [6, 6.07) is 11.5. The van der Waals surface area contributed by atoms with Crippen LogP contribution in [0.5, 0.6) is 0 Å². The van der Waals surface area contributed by atoms with Gasteiger partial charge in [-0.1, -0.05) is 53.0 Å². The molecule has 0 unspecified atom stereocenters.